The Bertz CT molecular complexity index is 621. The van der Waals surface area contributed by atoms with Gasteiger partial charge in [-0.25, -0.2) is 0 Å². The second-order valence-electron chi connectivity index (χ2n) is 4.05. The third-order valence-electron chi connectivity index (χ3n) is 2.66. The first-order chi connectivity index (χ1) is 8.99. The molecule has 0 saturated heterocycles. The number of phenols is 1. The standard InChI is InChI=1S/C14H11Cl2NO2/c1-8-3-2-4-11(16)13(8)17-14(19)10-7-9(15)5-6-12(10)18/h2-7,18H,1H3,(H,17,19). The van der Waals surface area contributed by atoms with Crippen molar-refractivity contribution in [1.29, 1.82) is 0 Å². The largest absolute Gasteiger partial charge is 0.507 e. The van der Waals surface area contributed by atoms with Crippen molar-refractivity contribution in [2.75, 3.05) is 5.32 Å². The summed E-state index contributed by atoms with van der Waals surface area (Å²) in [7, 11) is 0. The molecular formula is C14H11Cl2NO2. The molecule has 2 N–H and O–H groups in total. The van der Waals surface area contributed by atoms with Crippen molar-refractivity contribution >= 4 is 34.8 Å². The molecule has 0 heterocycles. The molecule has 5 heteroatoms. The van der Waals surface area contributed by atoms with E-state index in [1.54, 1.807) is 12.1 Å². The van der Waals surface area contributed by atoms with E-state index in [0.717, 1.165) is 5.56 Å². The van der Waals surface area contributed by atoms with Crippen molar-refractivity contribution in [3.8, 4) is 5.75 Å². The van der Waals surface area contributed by atoms with Crippen molar-refractivity contribution in [3.63, 3.8) is 0 Å². The van der Waals surface area contributed by atoms with Gasteiger partial charge < -0.3 is 10.4 Å². The van der Waals surface area contributed by atoms with Gasteiger partial charge in [-0.2, -0.15) is 0 Å². The lowest BCUT2D eigenvalue weighted by Crippen LogP contribution is -2.13. The zero-order valence-corrected chi connectivity index (χ0v) is 11.6. The van der Waals surface area contributed by atoms with E-state index in [1.165, 1.54) is 18.2 Å². The Morgan fingerprint density at radius 2 is 1.95 bits per heavy atom. The van der Waals surface area contributed by atoms with Gasteiger partial charge in [-0.3, -0.25) is 4.79 Å². The van der Waals surface area contributed by atoms with E-state index in [0.29, 0.717) is 15.7 Å². The SMILES string of the molecule is Cc1cccc(Cl)c1NC(=O)c1cc(Cl)ccc1O. The number of amides is 1. The van der Waals surface area contributed by atoms with E-state index in [1.807, 2.05) is 13.0 Å². The van der Waals surface area contributed by atoms with Gasteiger partial charge >= 0.3 is 0 Å². The number of nitrogens with one attached hydrogen (secondary N) is 1. The Labute approximate surface area is 120 Å². The van der Waals surface area contributed by atoms with Crippen LogP contribution in [0.5, 0.6) is 5.75 Å². The fourth-order valence-electron chi connectivity index (χ4n) is 1.66. The summed E-state index contributed by atoms with van der Waals surface area (Å²) in [5.41, 5.74) is 1.46. The first kappa shape index (κ1) is 13.7. The van der Waals surface area contributed by atoms with Crippen LogP contribution in [0.1, 0.15) is 15.9 Å². The molecule has 0 spiro atoms. The number of aryl methyl sites for hydroxylation is 1. The smallest absolute Gasteiger partial charge is 0.259 e. The van der Waals surface area contributed by atoms with Crippen LogP contribution in [-0.2, 0) is 0 Å². The lowest BCUT2D eigenvalue weighted by atomic mass is 10.1. The second-order valence-corrected chi connectivity index (χ2v) is 4.89. The molecule has 0 fully saturated rings. The minimum absolute atomic E-state index is 0.104. The van der Waals surface area contributed by atoms with E-state index >= 15 is 0 Å². The molecule has 2 aromatic carbocycles. The number of hydrogen-bond acceptors (Lipinski definition) is 2. The lowest BCUT2D eigenvalue weighted by Gasteiger charge is -2.11. The summed E-state index contributed by atoms with van der Waals surface area (Å²) >= 11 is 11.8. The average Bonchev–Trinajstić information content (AvgIpc) is 2.37. The molecule has 19 heavy (non-hydrogen) atoms. The minimum atomic E-state index is -0.462. The minimum Gasteiger partial charge on any atom is -0.507 e. The number of aromatic hydroxyl groups is 1. The van der Waals surface area contributed by atoms with Gasteiger partial charge in [-0.1, -0.05) is 35.3 Å². The molecule has 0 saturated carbocycles. The summed E-state index contributed by atoms with van der Waals surface area (Å²) in [6.07, 6.45) is 0. The molecule has 0 aliphatic heterocycles. The van der Waals surface area contributed by atoms with Crippen molar-refractivity contribution in [3.05, 3.63) is 57.6 Å². The molecule has 0 aromatic heterocycles. The van der Waals surface area contributed by atoms with Crippen molar-refractivity contribution in [2.45, 2.75) is 6.92 Å². The number of carbonyl (C=O) groups excluding carboxylic acids is 1. The highest BCUT2D eigenvalue weighted by Gasteiger charge is 2.14. The van der Waals surface area contributed by atoms with Crippen LogP contribution < -0.4 is 5.32 Å². The maximum absolute atomic E-state index is 12.1. The number of phenolic OH excluding ortho intramolecular Hbond substituents is 1. The summed E-state index contributed by atoms with van der Waals surface area (Å²) in [6.45, 7) is 1.83. The van der Waals surface area contributed by atoms with Gasteiger partial charge in [0.1, 0.15) is 5.75 Å². The van der Waals surface area contributed by atoms with Crippen LogP contribution in [0.15, 0.2) is 36.4 Å². The predicted octanol–water partition coefficient (Wildman–Crippen LogP) is 4.26. The molecule has 2 aromatic rings. The van der Waals surface area contributed by atoms with Crippen LogP contribution in [0.2, 0.25) is 10.0 Å². The van der Waals surface area contributed by atoms with Gasteiger partial charge in [0.15, 0.2) is 0 Å². The van der Waals surface area contributed by atoms with Crippen LogP contribution in [0, 0.1) is 6.92 Å². The van der Waals surface area contributed by atoms with Crippen LogP contribution in [0.4, 0.5) is 5.69 Å². The summed E-state index contributed by atoms with van der Waals surface area (Å²) < 4.78 is 0. The zero-order chi connectivity index (χ0) is 14.0. The first-order valence-electron chi connectivity index (χ1n) is 5.54. The van der Waals surface area contributed by atoms with E-state index in [4.69, 9.17) is 23.2 Å². The summed E-state index contributed by atoms with van der Waals surface area (Å²) in [6, 6.07) is 9.59. The van der Waals surface area contributed by atoms with Gasteiger partial charge in [0.2, 0.25) is 0 Å². The van der Waals surface area contributed by atoms with Crippen LogP contribution in [0.25, 0.3) is 0 Å². The van der Waals surface area contributed by atoms with Gasteiger partial charge in [0, 0.05) is 5.02 Å². The Morgan fingerprint density at radius 3 is 2.63 bits per heavy atom. The zero-order valence-electron chi connectivity index (χ0n) is 10.1. The van der Waals surface area contributed by atoms with Gasteiger partial charge in [0.05, 0.1) is 16.3 Å². The quantitative estimate of drug-likeness (QED) is 0.870. The third kappa shape index (κ3) is 3.00. The van der Waals surface area contributed by atoms with Crippen molar-refractivity contribution in [2.24, 2.45) is 0 Å². The van der Waals surface area contributed by atoms with Crippen LogP contribution in [0.3, 0.4) is 0 Å². The topological polar surface area (TPSA) is 49.3 Å². The number of anilines is 1. The highest BCUT2D eigenvalue weighted by molar-refractivity contribution is 6.34. The maximum Gasteiger partial charge on any atom is 0.259 e. The molecule has 2 rings (SSSR count). The van der Waals surface area contributed by atoms with Gasteiger partial charge in [-0.15, -0.1) is 0 Å². The summed E-state index contributed by atoms with van der Waals surface area (Å²) in [5, 5.41) is 13.2. The molecule has 0 atom stereocenters. The normalized spacial score (nSPS) is 10.3. The summed E-state index contributed by atoms with van der Waals surface area (Å²) in [5.74, 6) is -0.595. The molecule has 0 aliphatic carbocycles. The Hall–Kier alpha value is -1.71. The average molecular weight is 296 g/mol. The van der Waals surface area contributed by atoms with E-state index < -0.39 is 5.91 Å². The fraction of sp³-hybridized carbons (Fsp3) is 0.0714. The molecule has 0 radical (unpaired) electrons. The number of para-hydroxylation sites is 1. The Morgan fingerprint density at radius 1 is 1.21 bits per heavy atom. The number of rotatable bonds is 2. The number of hydrogen-bond donors (Lipinski definition) is 2. The van der Waals surface area contributed by atoms with Gasteiger partial charge in [0.25, 0.3) is 5.91 Å². The second kappa shape index (κ2) is 5.51. The van der Waals surface area contributed by atoms with E-state index in [-0.39, 0.29) is 11.3 Å². The lowest BCUT2D eigenvalue weighted by molar-refractivity contribution is 0.102. The number of halogens is 2. The Balaban J connectivity index is 2.34. The molecule has 3 nitrogen and oxygen atoms in total. The molecule has 1 amide bonds. The Kier molecular flexibility index (Phi) is 3.98. The predicted molar refractivity (Wildman–Crippen MR) is 77.3 cm³/mol. The van der Waals surface area contributed by atoms with Crippen molar-refractivity contribution < 1.29 is 9.90 Å². The number of carbonyl (C=O) groups is 1. The van der Waals surface area contributed by atoms with E-state index in [9.17, 15) is 9.90 Å². The molecule has 98 valence electrons. The molecule has 0 aliphatic rings. The fourth-order valence-corrected chi connectivity index (χ4v) is 2.10. The third-order valence-corrected chi connectivity index (χ3v) is 3.21. The van der Waals surface area contributed by atoms with Crippen LogP contribution >= 0.6 is 23.2 Å². The van der Waals surface area contributed by atoms with E-state index in [2.05, 4.69) is 5.32 Å². The molecular weight excluding hydrogens is 285 g/mol. The number of benzene rings is 2. The first-order valence-corrected chi connectivity index (χ1v) is 6.29. The monoisotopic (exact) mass is 295 g/mol. The van der Waals surface area contributed by atoms with Crippen molar-refractivity contribution in [1.82, 2.24) is 0 Å². The maximum atomic E-state index is 12.1. The molecule has 0 bridgehead atoms. The molecule has 0 unspecified atom stereocenters. The highest BCUT2D eigenvalue weighted by atomic mass is 35.5. The van der Waals surface area contributed by atoms with Gasteiger partial charge in [-0.05, 0) is 36.8 Å². The van der Waals surface area contributed by atoms with Crippen LogP contribution in [-0.4, -0.2) is 11.0 Å². The highest BCUT2D eigenvalue weighted by Crippen LogP contribution is 2.28. The summed E-state index contributed by atoms with van der Waals surface area (Å²) in [4.78, 5) is 12.1.